The second-order valence-corrected chi connectivity index (χ2v) is 5.04. The largest absolute Gasteiger partial charge is 0.495 e. The summed E-state index contributed by atoms with van der Waals surface area (Å²) in [7, 11) is 1.63. The van der Waals surface area contributed by atoms with Gasteiger partial charge in [0.05, 0.1) is 17.7 Å². The van der Waals surface area contributed by atoms with Crippen LogP contribution < -0.4 is 19.5 Å². The molecule has 1 saturated heterocycles. The van der Waals surface area contributed by atoms with Crippen molar-refractivity contribution in [3.63, 3.8) is 0 Å². The number of fused-ring (bicyclic) bond motifs is 1. The van der Waals surface area contributed by atoms with Crippen molar-refractivity contribution in [1.82, 2.24) is 10.2 Å². The van der Waals surface area contributed by atoms with Crippen LogP contribution in [0.1, 0.15) is 5.56 Å². The quantitative estimate of drug-likeness (QED) is 0.911. The summed E-state index contributed by atoms with van der Waals surface area (Å²) in [6.07, 6.45) is 0. The standard InChI is InChI=1S/C13H17ClN2O3/c1-17-12-9(7-16-4-2-15-3-5-16)13-11(6-10(12)14)18-8-19-13/h6,15H,2-5,7-8H2,1H3. The van der Waals surface area contributed by atoms with Crippen molar-refractivity contribution in [2.75, 3.05) is 40.1 Å². The first-order chi connectivity index (χ1) is 9.29. The molecule has 0 unspecified atom stereocenters. The SMILES string of the molecule is COc1c(Cl)cc2c(c1CN1CCNCC1)OCO2. The predicted molar refractivity (Wildman–Crippen MR) is 72.3 cm³/mol. The molecule has 3 rings (SSSR count). The summed E-state index contributed by atoms with van der Waals surface area (Å²) >= 11 is 6.24. The van der Waals surface area contributed by atoms with Crippen molar-refractivity contribution in [2.45, 2.75) is 6.54 Å². The van der Waals surface area contributed by atoms with E-state index in [0.29, 0.717) is 16.5 Å². The normalized spacial score (nSPS) is 18.6. The van der Waals surface area contributed by atoms with Gasteiger partial charge in [0, 0.05) is 38.8 Å². The van der Waals surface area contributed by atoms with Gasteiger partial charge in [0.15, 0.2) is 11.5 Å². The maximum atomic E-state index is 6.24. The van der Waals surface area contributed by atoms with Gasteiger partial charge in [-0.3, -0.25) is 4.90 Å². The molecule has 1 aromatic rings. The topological polar surface area (TPSA) is 43.0 Å². The molecule has 0 spiro atoms. The molecule has 2 heterocycles. The third-order valence-corrected chi connectivity index (χ3v) is 3.74. The Balaban J connectivity index is 1.93. The van der Waals surface area contributed by atoms with Crippen molar-refractivity contribution in [2.24, 2.45) is 0 Å². The van der Waals surface area contributed by atoms with E-state index in [2.05, 4.69) is 10.2 Å². The number of hydrogen-bond acceptors (Lipinski definition) is 5. The molecule has 104 valence electrons. The van der Waals surface area contributed by atoms with E-state index in [1.165, 1.54) is 0 Å². The van der Waals surface area contributed by atoms with Crippen LogP contribution in [0.3, 0.4) is 0 Å². The monoisotopic (exact) mass is 284 g/mol. The molecule has 0 atom stereocenters. The van der Waals surface area contributed by atoms with E-state index in [1.54, 1.807) is 13.2 Å². The zero-order valence-electron chi connectivity index (χ0n) is 10.9. The molecular formula is C13H17ClN2O3. The number of piperazine rings is 1. The number of rotatable bonds is 3. The third kappa shape index (κ3) is 2.45. The van der Waals surface area contributed by atoms with Gasteiger partial charge in [-0.25, -0.2) is 0 Å². The van der Waals surface area contributed by atoms with Crippen LogP contribution in [0.5, 0.6) is 17.2 Å². The summed E-state index contributed by atoms with van der Waals surface area (Å²) in [5.74, 6) is 2.15. The molecule has 1 aromatic carbocycles. The molecule has 2 aliphatic rings. The number of hydrogen-bond donors (Lipinski definition) is 1. The molecular weight excluding hydrogens is 268 g/mol. The van der Waals surface area contributed by atoms with Crippen molar-refractivity contribution in [1.29, 1.82) is 0 Å². The van der Waals surface area contributed by atoms with Crippen LogP contribution in [0.2, 0.25) is 5.02 Å². The molecule has 0 aliphatic carbocycles. The van der Waals surface area contributed by atoms with Gasteiger partial charge in [-0.2, -0.15) is 0 Å². The minimum absolute atomic E-state index is 0.243. The Kier molecular flexibility index (Phi) is 3.68. The Morgan fingerprint density at radius 1 is 1.37 bits per heavy atom. The zero-order chi connectivity index (χ0) is 13.2. The Morgan fingerprint density at radius 3 is 2.89 bits per heavy atom. The van der Waals surface area contributed by atoms with Gasteiger partial charge >= 0.3 is 0 Å². The van der Waals surface area contributed by atoms with Gasteiger partial charge in [-0.1, -0.05) is 11.6 Å². The fourth-order valence-corrected chi connectivity index (χ4v) is 2.81. The van der Waals surface area contributed by atoms with Gasteiger partial charge in [0.1, 0.15) is 5.75 Å². The molecule has 0 bridgehead atoms. The van der Waals surface area contributed by atoms with Gasteiger partial charge in [-0.15, -0.1) is 0 Å². The van der Waals surface area contributed by atoms with E-state index < -0.39 is 0 Å². The van der Waals surface area contributed by atoms with Crippen LogP contribution in [-0.4, -0.2) is 45.0 Å². The van der Waals surface area contributed by atoms with Crippen LogP contribution in [0.4, 0.5) is 0 Å². The first-order valence-corrected chi connectivity index (χ1v) is 6.75. The van der Waals surface area contributed by atoms with Gasteiger partial charge in [0.2, 0.25) is 6.79 Å². The van der Waals surface area contributed by atoms with Crippen LogP contribution in [0.25, 0.3) is 0 Å². The predicted octanol–water partition coefficient (Wildman–Crippen LogP) is 1.48. The molecule has 1 fully saturated rings. The number of nitrogens with zero attached hydrogens (tertiary/aromatic N) is 1. The second kappa shape index (κ2) is 5.45. The van der Waals surface area contributed by atoms with Crippen LogP contribution >= 0.6 is 11.6 Å². The smallest absolute Gasteiger partial charge is 0.231 e. The molecule has 0 saturated carbocycles. The Hall–Kier alpha value is -1.17. The highest BCUT2D eigenvalue weighted by atomic mass is 35.5. The summed E-state index contributed by atoms with van der Waals surface area (Å²) in [5, 5.41) is 3.90. The number of benzene rings is 1. The average Bonchev–Trinajstić information content (AvgIpc) is 2.88. The molecule has 19 heavy (non-hydrogen) atoms. The van der Waals surface area contributed by atoms with Crippen molar-refractivity contribution >= 4 is 11.6 Å². The van der Waals surface area contributed by atoms with Crippen LogP contribution in [0, 0.1) is 0 Å². The zero-order valence-corrected chi connectivity index (χ0v) is 11.6. The molecule has 0 amide bonds. The fraction of sp³-hybridized carbons (Fsp3) is 0.538. The molecule has 6 heteroatoms. The lowest BCUT2D eigenvalue weighted by molar-refractivity contribution is 0.170. The van der Waals surface area contributed by atoms with E-state index in [1.807, 2.05) is 0 Å². The molecule has 1 N–H and O–H groups in total. The van der Waals surface area contributed by atoms with Crippen LogP contribution in [-0.2, 0) is 6.54 Å². The first-order valence-electron chi connectivity index (χ1n) is 6.37. The first kappa shape index (κ1) is 12.8. The lowest BCUT2D eigenvalue weighted by Gasteiger charge is -2.28. The average molecular weight is 285 g/mol. The highest BCUT2D eigenvalue weighted by Gasteiger charge is 2.26. The summed E-state index contributed by atoms with van der Waals surface area (Å²) in [6, 6.07) is 1.75. The minimum atomic E-state index is 0.243. The maximum absolute atomic E-state index is 6.24. The van der Waals surface area contributed by atoms with Gasteiger partial charge in [-0.05, 0) is 0 Å². The summed E-state index contributed by atoms with van der Waals surface area (Å²) in [4.78, 5) is 2.35. The van der Waals surface area contributed by atoms with E-state index in [-0.39, 0.29) is 6.79 Å². The van der Waals surface area contributed by atoms with E-state index in [9.17, 15) is 0 Å². The third-order valence-electron chi connectivity index (χ3n) is 3.46. The summed E-state index contributed by atoms with van der Waals surface area (Å²) in [6.45, 7) is 5.02. The Bertz CT molecular complexity index is 472. The van der Waals surface area contributed by atoms with Crippen molar-refractivity contribution in [3.05, 3.63) is 16.7 Å². The Labute approximate surface area is 117 Å². The van der Waals surface area contributed by atoms with Crippen molar-refractivity contribution < 1.29 is 14.2 Å². The lowest BCUT2D eigenvalue weighted by atomic mass is 10.1. The van der Waals surface area contributed by atoms with E-state index >= 15 is 0 Å². The summed E-state index contributed by atoms with van der Waals surface area (Å²) < 4.78 is 16.4. The molecule has 0 radical (unpaired) electrons. The summed E-state index contributed by atoms with van der Waals surface area (Å²) in [5.41, 5.74) is 0.976. The van der Waals surface area contributed by atoms with Crippen molar-refractivity contribution in [3.8, 4) is 17.2 Å². The second-order valence-electron chi connectivity index (χ2n) is 4.63. The van der Waals surface area contributed by atoms with E-state index in [4.69, 9.17) is 25.8 Å². The van der Waals surface area contributed by atoms with Gasteiger partial charge in [0.25, 0.3) is 0 Å². The highest BCUT2D eigenvalue weighted by molar-refractivity contribution is 6.32. The highest BCUT2D eigenvalue weighted by Crippen LogP contribution is 2.45. The number of ether oxygens (including phenoxy) is 3. The Morgan fingerprint density at radius 2 is 2.16 bits per heavy atom. The fourth-order valence-electron chi connectivity index (χ4n) is 2.52. The maximum Gasteiger partial charge on any atom is 0.231 e. The molecule has 0 aromatic heterocycles. The number of methoxy groups -OCH3 is 1. The van der Waals surface area contributed by atoms with Crippen LogP contribution in [0.15, 0.2) is 6.07 Å². The lowest BCUT2D eigenvalue weighted by Crippen LogP contribution is -2.42. The molecule has 5 nitrogen and oxygen atoms in total. The number of nitrogens with one attached hydrogen (secondary N) is 1. The minimum Gasteiger partial charge on any atom is -0.495 e. The molecule has 2 aliphatic heterocycles. The van der Waals surface area contributed by atoms with Gasteiger partial charge < -0.3 is 19.5 Å². The van der Waals surface area contributed by atoms with E-state index in [0.717, 1.165) is 44.0 Å². The number of halogens is 1.